The zero-order valence-corrected chi connectivity index (χ0v) is 10.3. The van der Waals surface area contributed by atoms with E-state index in [-0.39, 0.29) is 5.56 Å². The number of benzene rings is 1. The van der Waals surface area contributed by atoms with Gasteiger partial charge >= 0.3 is 5.69 Å². The molecular formula is C13H13N3O3. The van der Waals surface area contributed by atoms with Gasteiger partial charge in [0.25, 0.3) is 5.56 Å². The fraction of sp³-hybridized carbons (Fsp3) is 0.154. The van der Waals surface area contributed by atoms with Crippen molar-refractivity contribution in [3.8, 4) is 5.88 Å². The third kappa shape index (κ3) is 2.98. The third-order valence-corrected chi connectivity index (χ3v) is 2.63. The lowest BCUT2D eigenvalue weighted by atomic mass is 10.2. The van der Waals surface area contributed by atoms with E-state index in [1.807, 2.05) is 30.3 Å². The highest BCUT2D eigenvalue weighted by molar-refractivity contribution is 6.00. The van der Waals surface area contributed by atoms with Crippen LogP contribution < -0.4 is 11.2 Å². The first kappa shape index (κ1) is 12.8. The Morgan fingerprint density at radius 1 is 1.21 bits per heavy atom. The molecule has 0 bridgehead atoms. The first-order valence-corrected chi connectivity index (χ1v) is 5.69. The van der Waals surface area contributed by atoms with Crippen LogP contribution in [0, 0.1) is 0 Å². The van der Waals surface area contributed by atoms with Crippen LogP contribution in [0.4, 0.5) is 0 Å². The molecule has 0 unspecified atom stereocenters. The van der Waals surface area contributed by atoms with Gasteiger partial charge in [-0.1, -0.05) is 30.3 Å². The summed E-state index contributed by atoms with van der Waals surface area (Å²) in [6, 6.07) is 9.51. The fourth-order valence-corrected chi connectivity index (χ4v) is 1.68. The number of rotatable bonds is 3. The summed E-state index contributed by atoms with van der Waals surface area (Å²) in [6.45, 7) is 2.00. The van der Waals surface area contributed by atoms with E-state index in [2.05, 4.69) is 15.0 Å². The molecule has 0 saturated heterocycles. The minimum atomic E-state index is -0.748. The molecule has 0 saturated carbocycles. The molecule has 2 rings (SSSR count). The topological polar surface area (TPSA) is 98.3 Å². The summed E-state index contributed by atoms with van der Waals surface area (Å²) < 4.78 is 0. The first-order valence-electron chi connectivity index (χ1n) is 5.69. The largest absolute Gasteiger partial charge is 0.494 e. The van der Waals surface area contributed by atoms with Crippen molar-refractivity contribution < 1.29 is 5.11 Å². The van der Waals surface area contributed by atoms with E-state index in [1.54, 1.807) is 6.92 Å². The van der Waals surface area contributed by atoms with Crippen LogP contribution in [0.25, 0.3) is 0 Å². The van der Waals surface area contributed by atoms with Gasteiger partial charge in [0.1, 0.15) is 5.56 Å². The average Bonchev–Trinajstić information content (AvgIpc) is 2.36. The monoisotopic (exact) mass is 259 g/mol. The first-order chi connectivity index (χ1) is 9.08. The second-order valence-electron chi connectivity index (χ2n) is 4.02. The van der Waals surface area contributed by atoms with Crippen molar-refractivity contribution in [3.05, 3.63) is 62.3 Å². The molecule has 0 radical (unpaired) electrons. The van der Waals surface area contributed by atoms with E-state index in [9.17, 15) is 14.7 Å². The molecule has 1 heterocycles. The Balaban J connectivity index is 2.32. The van der Waals surface area contributed by atoms with E-state index in [1.165, 1.54) is 0 Å². The van der Waals surface area contributed by atoms with Crippen molar-refractivity contribution in [2.45, 2.75) is 13.5 Å². The molecular weight excluding hydrogens is 246 g/mol. The molecule has 0 aliphatic carbocycles. The molecule has 0 atom stereocenters. The maximum atomic E-state index is 11.6. The van der Waals surface area contributed by atoms with Crippen LogP contribution in [0.2, 0.25) is 0 Å². The number of nitrogens with one attached hydrogen (secondary N) is 2. The van der Waals surface area contributed by atoms with E-state index in [0.29, 0.717) is 12.3 Å². The smallest absolute Gasteiger partial charge is 0.328 e. The lowest BCUT2D eigenvalue weighted by Gasteiger charge is -2.02. The van der Waals surface area contributed by atoms with Crippen molar-refractivity contribution in [3.63, 3.8) is 0 Å². The average molecular weight is 259 g/mol. The van der Waals surface area contributed by atoms with Crippen LogP contribution in [0.15, 0.2) is 44.9 Å². The Bertz CT molecular complexity index is 714. The number of aromatic nitrogens is 2. The van der Waals surface area contributed by atoms with Gasteiger partial charge in [0.05, 0.1) is 12.3 Å². The van der Waals surface area contributed by atoms with Crippen LogP contribution >= 0.6 is 0 Å². The second kappa shape index (κ2) is 5.34. The number of hydrogen-bond acceptors (Lipinski definition) is 4. The minimum Gasteiger partial charge on any atom is -0.494 e. The summed E-state index contributed by atoms with van der Waals surface area (Å²) in [5.41, 5.74) is -0.0748. The SMILES string of the molecule is CC(=NCc1ccccc1)c1c(O)[nH]c(=O)[nH]c1=O. The van der Waals surface area contributed by atoms with Crippen LogP contribution in [-0.2, 0) is 6.54 Å². The Labute approximate surface area is 108 Å². The summed E-state index contributed by atoms with van der Waals surface area (Å²) in [4.78, 5) is 31.0. The molecule has 0 aliphatic rings. The second-order valence-corrected chi connectivity index (χ2v) is 4.02. The van der Waals surface area contributed by atoms with Gasteiger partial charge in [-0.3, -0.25) is 19.8 Å². The molecule has 3 N–H and O–H groups in total. The summed E-state index contributed by atoms with van der Waals surface area (Å²) >= 11 is 0. The van der Waals surface area contributed by atoms with E-state index < -0.39 is 17.1 Å². The fourth-order valence-electron chi connectivity index (χ4n) is 1.68. The van der Waals surface area contributed by atoms with Crippen LogP contribution in [0.3, 0.4) is 0 Å². The zero-order chi connectivity index (χ0) is 13.8. The molecule has 1 aromatic carbocycles. The zero-order valence-electron chi connectivity index (χ0n) is 10.3. The molecule has 0 aliphatic heterocycles. The van der Waals surface area contributed by atoms with Gasteiger partial charge in [-0.15, -0.1) is 0 Å². The summed E-state index contributed by atoms with van der Waals surface area (Å²) in [6.07, 6.45) is 0. The van der Waals surface area contributed by atoms with Crippen LogP contribution in [0.5, 0.6) is 5.88 Å². The predicted molar refractivity (Wildman–Crippen MR) is 71.7 cm³/mol. The number of hydrogen-bond donors (Lipinski definition) is 3. The maximum absolute atomic E-state index is 11.6. The highest BCUT2D eigenvalue weighted by Crippen LogP contribution is 2.08. The van der Waals surface area contributed by atoms with E-state index in [4.69, 9.17) is 0 Å². The van der Waals surface area contributed by atoms with Gasteiger partial charge < -0.3 is 5.11 Å². The number of aromatic amines is 2. The van der Waals surface area contributed by atoms with Gasteiger partial charge in [-0.25, -0.2) is 4.79 Å². The molecule has 0 amide bonds. The molecule has 6 heteroatoms. The third-order valence-electron chi connectivity index (χ3n) is 2.63. The molecule has 19 heavy (non-hydrogen) atoms. The van der Waals surface area contributed by atoms with Gasteiger partial charge in [0.2, 0.25) is 5.88 Å². The molecule has 6 nitrogen and oxygen atoms in total. The van der Waals surface area contributed by atoms with Gasteiger partial charge in [-0.2, -0.15) is 0 Å². The van der Waals surface area contributed by atoms with Crippen LogP contribution in [-0.4, -0.2) is 20.8 Å². The molecule has 1 aromatic heterocycles. The Morgan fingerprint density at radius 2 is 1.89 bits per heavy atom. The predicted octanol–water partition coefficient (Wildman–Crippen LogP) is 0.778. The minimum absolute atomic E-state index is 0.0180. The number of nitrogens with zero attached hydrogens (tertiary/aromatic N) is 1. The summed E-state index contributed by atoms with van der Waals surface area (Å²) in [7, 11) is 0. The maximum Gasteiger partial charge on any atom is 0.328 e. The van der Waals surface area contributed by atoms with E-state index >= 15 is 0 Å². The van der Waals surface area contributed by atoms with E-state index in [0.717, 1.165) is 5.56 Å². The molecule has 2 aromatic rings. The highest BCUT2D eigenvalue weighted by Gasteiger charge is 2.11. The molecule has 0 spiro atoms. The summed E-state index contributed by atoms with van der Waals surface area (Å²) in [5.74, 6) is -0.469. The lowest BCUT2D eigenvalue weighted by molar-refractivity contribution is 0.447. The molecule has 98 valence electrons. The normalized spacial score (nSPS) is 11.5. The Hall–Kier alpha value is -2.63. The van der Waals surface area contributed by atoms with Crippen molar-refractivity contribution >= 4 is 5.71 Å². The Morgan fingerprint density at radius 3 is 2.53 bits per heavy atom. The van der Waals surface area contributed by atoms with Gasteiger partial charge in [-0.05, 0) is 12.5 Å². The van der Waals surface area contributed by atoms with Crippen molar-refractivity contribution in [1.82, 2.24) is 9.97 Å². The quantitative estimate of drug-likeness (QED) is 0.710. The van der Waals surface area contributed by atoms with Crippen molar-refractivity contribution in [1.29, 1.82) is 0 Å². The van der Waals surface area contributed by atoms with Crippen LogP contribution in [0.1, 0.15) is 18.1 Å². The molecule has 0 fully saturated rings. The number of aromatic hydroxyl groups is 1. The van der Waals surface area contributed by atoms with Gasteiger partial charge in [0, 0.05) is 0 Å². The number of H-pyrrole nitrogens is 2. The number of aliphatic imine (C=N–C) groups is 1. The summed E-state index contributed by atoms with van der Waals surface area (Å²) in [5, 5.41) is 9.58. The van der Waals surface area contributed by atoms with Crippen molar-refractivity contribution in [2.24, 2.45) is 4.99 Å². The van der Waals surface area contributed by atoms with Crippen molar-refractivity contribution in [2.75, 3.05) is 0 Å². The lowest BCUT2D eigenvalue weighted by Crippen LogP contribution is -2.27. The van der Waals surface area contributed by atoms with Gasteiger partial charge in [0.15, 0.2) is 0 Å². The Kier molecular flexibility index (Phi) is 3.61. The standard InChI is InChI=1S/C13H13N3O3/c1-8(14-7-9-5-3-2-4-6-9)10-11(17)15-13(19)16-12(10)18/h2-6H,7H2,1H3,(H3,15,16,17,18,19). The highest BCUT2D eigenvalue weighted by atomic mass is 16.3.